The number of hydrogen-bond donors (Lipinski definition) is 2. The topological polar surface area (TPSA) is 79.4 Å². The van der Waals surface area contributed by atoms with Crippen LogP contribution < -0.4 is 20.3 Å². The second kappa shape index (κ2) is 9.82. The monoisotopic (exact) mass is 441 g/mol. The number of rotatable bonds is 8. The van der Waals surface area contributed by atoms with Gasteiger partial charge in [0.25, 0.3) is 0 Å². The van der Waals surface area contributed by atoms with Crippen molar-refractivity contribution in [3.8, 4) is 5.75 Å². The molecule has 1 aliphatic heterocycles. The zero-order chi connectivity index (χ0) is 20.8. The van der Waals surface area contributed by atoms with Gasteiger partial charge in [-0.2, -0.15) is 0 Å². The average Bonchev–Trinajstić information content (AvgIpc) is 3.46. The van der Waals surface area contributed by atoms with Crippen LogP contribution in [0.15, 0.2) is 52.9 Å². The van der Waals surface area contributed by atoms with E-state index < -0.39 is 0 Å². The van der Waals surface area contributed by atoms with Crippen LogP contribution in [0.1, 0.15) is 12.8 Å². The molecular formula is C21H23N5O2S2. The zero-order valence-corrected chi connectivity index (χ0v) is 18.3. The van der Waals surface area contributed by atoms with Gasteiger partial charge in [0.05, 0.1) is 18.6 Å². The van der Waals surface area contributed by atoms with Crippen molar-refractivity contribution in [2.24, 2.45) is 0 Å². The van der Waals surface area contributed by atoms with Crippen molar-refractivity contribution in [3.05, 3.63) is 48.5 Å². The minimum absolute atomic E-state index is 0.0663. The number of methoxy groups -OCH3 is 1. The lowest BCUT2D eigenvalue weighted by Gasteiger charge is -2.17. The number of ether oxygens (including phenoxy) is 1. The maximum absolute atomic E-state index is 12.3. The lowest BCUT2D eigenvalue weighted by atomic mass is 10.2. The Kier molecular flexibility index (Phi) is 6.70. The van der Waals surface area contributed by atoms with E-state index in [-0.39, 0.29) is 11.7 Å². The lowest BCUT2D eigenvalue weighted by Crippen LogP contribution is -2.18. The van der Waals surface area contributed by atoms with E-state index in [9.17, 15) is 4.79 Å². The summed E-state index contributed by atoms with van der Waals surface area (Å²) in [6, 6.07) is 15.7. The second-order valence-corrected chi connectivity index (χ2v) is 8.98. The summed E-state index contributed by atoms with van der Waals surface area (Å²) in [5.74, 6) is 0.942. The molecule has 0 spiro atoms. The van der Waals surface area contributed by atoms with Crippen LogP contribution in [0.3, 0.4) is 0 Å². The highest BCUT2D eigenvalue weighted by Gasteiger charge is 2.13. The number of hydrogen-bond acceptors (Lipinski definition) is 8. The zero-order valence-electron chi connectivity index (χ0n) is 16.6. The molecule has 0 unspecified atom stereocenters. The molecule has 9 heteroatoms. The minimum atomic E-state index is -0.0663. The maximum Gasteiger partial charge on any atom is 0.234 e. The first-order chi connectivity index (χ1) is 14.7. The summed E-state index contributed by atoms with van der Waals surface area (Å²) in [4.78, 5) is 14.7. The summed E-state index contributed by atoms with van der Waals surface area (Å²) in [5, 5.41) is 15.1. The number of nitrogens with one attached hydrogen (secondary N) is 2. The molecule has 2 N–H and O–H groups in total. The molecule has 0 saturated carbocycles. The standard InChI is InChI=1S/C21H23N5O2S2/c1-28-18-7-3-2-6-17(18)23-20-24-25-21(30-20)29-14-19(27)22-15-8-10-16(11-9-15)26-12-4-5-13-26/h2-3,6-11H,4-5,12-14H2,1H3,(H,22,27)(H,23,24). The molecule has 1 aromatic heterocycles. The van der Waals surface area contributed by atoms with E-state index in [1.54, 1.807) is 7.11 Å². The quantitative estimate of drug-likeness (QED) is 0.494. The first kappa shape index (κ1) is 20.5. The highest BCUT2D eigenvalue weighted by atomic mass is 32.2. The number of anilines is 4. The Morgan fingerprint density at radius 1 is 1.13 bits per heavy atom. The van der Waals surface area contributed by atoms with Crippen LogP contribution in [-0.2, 0) is 4.79 Å². The lowest BCUT2D eigenvalue weighted by molar-refractivity contribution is -0.113. The third-order valence-electron chi connectivity index (χ3n) is 4.70. The van der Waals surface area contributed by atoms with Gasteiger partial charge in [0.15, 0.2) is 4.34 Å². The molecule has 3 aromatic rings. The van der Waals surface area contributed by atoms with Gasteiger partial charge in [0, 0.05) is 24.5 Å². The van der Waals surface area contributed by atoms with Gasteiger partial charge < -0.3 is 20.3 Å². The first-order valence-corrected chi connectivity index (χ1v) is 11.5. The fourth-order valence-electron chi connectivity index (χ4n) is 3.24. The minimum Gasteiger partial charge on any atom is -0.495 e. The van der Waals surface area contributed by atoms with Gasteiger partial charge in [-0.15, -0.1) is 10.2 Å². The Morgan fingerprint density at radius 2 is 1.90 bits per heavy atom. The summed E-state index contributed by atoms with van der Waals surface area (Å²) in [5.41, 5.74) is 2.84. The number of carbonyl (C=O) groups excluding carboxylic acids is 1. The Bertz CT molecular complexity index is 987. The van der Waals surface area contributed by atoms with E-state index in [0.29, 0.717) is 5.13 Å². The van der Waals surface area contributed by atoms with Crippen LogP contribution in [0.4, 0.5) is 22.2 Å². The van der Waals surface area contributed by atoms with Crippen LogP contribution in [0.25, 0.3) is 0 Å². The molecule has 1 amide bonds. The highest BCUT2D eigenvalue weighted by Crippen LogP contribution is 2.31. The molecule has 2 aromatic carbocycles. The summed E-state index contributed by atoms with van der Waals surface area (Å²) < 4.78 is 6.06. The fraction of sp³-hybridized carbons (Fsp3) is 0.286. The molecule has 2 heterocycles. The Balaban J connectivity index is 1.27. The molecule has 4 rings (SSSR count). The first-order valence-electron chi connectivity index (χ1n) is 9.72. The SMILES string of the molecule is COc1ccccc1Nc1nnc(SCC(=O)Nc2ccc(N3CCCC3)cc2)s1. The largest absolute Gasteiger partial charge is 0.495 e. The van der Waals surface area contributed by atoms with Crippen molar-refractivity contribution in [1.82, 2.24) is 10.2 Å². The number of nitrogens with zero attached hydrogens (tertiary/aromatic N) is 3. The summed E-state index contributed by atoms with van der Waals surface area (Å²) in [6.45, 7) is 2.22. The Morgan fingerprint density at radius 3 is 2.67 bits per heavy atom. The number of carbonyl (C=O) groups is 1. The van der Waals surface area contributed by atoms with Crippen LogP contribution in [0, 0.1) is 0 Å². The van der Waals surface area contributed by atoms with Gasteiger partial charge in [0.1, 0.15) is 5.75 Å². The Labute approximate surface area is 183 Å². The van der Waals surface area contributed by atoms with Gasteiger partial charge in [-0.05, 0) is 49.2 Å². The van der Waals surface area contributed by atoms with Crippen molar-refractivity contribution >= 4 is 51.2 Å². The molecule has 1 fully saturated rings. The predicted octanol–water partition coefficient (Wildman–Crippen LogP) is 4.62. The smallest absolute Gasteiger partial charge is 0.234 e. The van der Waals surface area contributed by atoms with Crippen LogP contribution in [-0.4, -0.2) is 42.1 Å². The summed E-state index contributed by atoms with van der Waals surface area (Å²) in [6.07, 6.45) is 2.49. The van der Waals surface area contributed by atoms with Crippen molar-refractivity contribution in [1.29, 1.82) is 0 Å². The number of thioether (sulfide) groups is 1. The number of aromatic nitrogens is 2. The van der Waals surface area contributed by atoms with Gasteiger partial charge in [-0.25, -0.2) is 0 Å². The van der Waals surface area contributed by atoms with E-state index in [1.165, 1.54) is 41.6 Å². The molecule has 1 saturated heterocycles. The van der Waals surface area contributed by atoms with Crippen molar-refractivity contribution in [3.63, 3.8) is 0 Å². The molecule has 0 radical (unpaired) electrons. The van der Waals surface area contributed by atoms with Crippen molar-refractivity contribution in [2.45, 2.75) is 17.2 Å². The second-order valence-electron chi connectivity index (χ2n) is 6.78. The van der Waals surface area contributed by atoms with Gasteiger partial charge in [-0.1, -0.05) is 35.2 Å². The molecule has 0 atom stereocenters. The molecule has 30 heavy (non-hydrogen) atoms. The third-order valence-corrected chi connectivity index (χ3v) is 6.68. The van der Waals surface area contributed by atoms with Crippen LogP contribution in [0.5, 0.6) is 5.75 Å². The highest BCUT2D eigenvalue weighted by molar-refractivity contribution is 8.01. The van der Waals surface area contributed by atoms with E-state index in [1.807, 2.05) is 36.4 Å². The van der Waals surface area contributed by atoms with Crippen molar-refractivity contribution < 1.29 is 9.53 Å². The fourth-order valence-corrected chi connectivity index (χ4v) is 4.80. The van der Waals surface area contributed by atoms with Gasteiger partial charge >= 0.3 is 0 Å². The molecule has 7 nitrogen and oxygen atoms in total. The Hall–Kier alpha value is -2.78. The van der Waals surface area contributed by atoms with E-state index >= 15 is 0 Å². The number of benzene rings is 2. The number of amides is 1. The normalized spacial score (nSPS) is 13.3. The third kappa shape index (κ3) is 5.22. The van der Waals surface area contributed by atoms with Gasteiger partial charge in [0.2, 0.25) is 11.0 Å². The van der Waals surface area contributed by atoms with Crippen LogP contribution >= 0.6 is 23.1 Å². The van der Waals surface area contributed by atoms with E-state index in [2.05, 4.69) is 37.9 Å². The molecular weight excluding hydrogens is 418 g/mol. The molecule has 0 aliphatic carbocycles. The summed E-state index contributed by atoms with van der Waals surface area (Å²) >= 11 is 2.77. The van der Waals surface area contributed by atoms with Crippen molar-refractivity contribution in [2.75, 3.05) is 41.5 Å². The van der Waals surface area contributed by atoms with Crippen LogP contribution in [0.2, 0.25) is 0 Å². The molecule has 156 valence electrons. The molecule has 0 bridgehead atoms. The number of para-hydroxylation sites is 2. The van der Waals surface area contributed by atoms with E-state index in [0.717, 1.165) is 34.6 Å². The predicted molar refractivity (Wildman–Crippen MR) is 123 cm³/mol. The maximum atomic E-state index is 12.3. The summed E-state index contributed by atoms with van der Waals surface area (Å²) in [7, 11) is 1.63. The molecule has 1 aliphatic rings. The average molecular weight is 442 g/mol. The van der Waals surface area contributed by atoms with E-state index in [4.69, 9.17) is 4.74 Å². The van der Waals surface area contributed by atoms with Gasteiger partial charge in [-0.3, -0.25) is 4.79 Å².